The van der Waals surface area contributed by atoms with Gasteiger partial charge in [0.05, 0.1) is 19.8 Å². The molecule has 2 aromatic rings. The number of aliphatic hydroxyl groups is 1. The van der Waals surface area contributed by atoms with E-state index in [4.69, 9.17) is 4.74 Å². The third-order valence-corrected chi connectivity index (χ3v) is 4.90. The minimum Gasteiger partial charge on any atom is -0.497 e. The molecule has 1 unspecified atom stereocenters. The van der Waals surface area contributed by atoms with E-state index in [-0.39, 0.29) is 0 Å². The number of nitrogens with zero attached hydrogens (tertiary/aromatic N) is 2. The average molecular weight is 380 g/mol. The maximum absolute atomic E-state index is 10.5. The van der Waals surface area contributed by atoms with Crippen molar-refractivity contribution in [3.05, 3.63) is 71.8 Å². The van der Waals surface area contributed by atoms with Gasteiger partial charge in [-0.05, 0) is 42.2 Å². The van der Waals surface area contributed by atoms with E-state index in [0.717, 1.165) is 43.3 Å². The van der Waals surface area contributed by atoms with Crippen LogP contribution in [0.1, 0.15) is 30.6 Å². The summed E-state index contributed by atoms with van der Waals surface area (Å²) in [7, 11) is 1.63. The highest BCUT2D eigenvalue weighted by Gasteiger charge is 2.17. The van der Waals surface area contributed by atoms with Crippen LogP contribution in [0.15, 0.2) is 65.7 Å². The molecule has 2 N–H and O–H groups in total. The van der Waals surface area contributed by atoms with Gasteiger partial charge in [-0.15, -0.1) is 0 Å². The summed E-state index contributed by atoms with van der Waals surface area (Å²) in [6.07, 6.45) is 2.61. The number of guanidine groups is 1. The van der Waals surface area contributed by atoms with E-state index in [0.29, 0.717) is 6.54 Å². The van der Waals surface area contributed by atoms with E-state index in [1.165, 1.54) is 11.1 Å². The molecular weight excluding hydrogens is 350 g/mol. The average Bonchev–Trinajstić information content (AvgIpc) is 2.77. The van der Waals surface area contributed by atoms with E-state index in [9.17, 15) is 5.11 Å². The molecule has 0 aromatic heterocycles. The Morgan fingerprint density at radius 2 is 1.93 bits per heavy atom. The largest absolute Gasteiger partial charge is 0.497 e. The first kappa shape index (κ1) is 20.0. The second kappa shape index (κ2) is 9.95. The number of hydrogen-bond acceptors (Lipinski definition) is 3. The Morgan fingerprint density at radius 3 is 2.54 bits per heavy atom. The zero-order chi connectivity index (χ0) is 19.8. The van der Waals surface area contributed by atoms with Crippen molar-refractivity contribution in [3.63, 3.8) is 0 Å². The highest BCUT2D eigenvalue weighted by molar-refractivity contribution is 5.81. The lowest BCUT2D eigenvalue weighted by molar-refractivity contribution is 0.186. The van der Waals surface area contributed by atoms with Gasteiger partial charge in [-0.2, -0.15) is 0 Å². The summed E-state index contributed by atoms with van der Waals surface area (Å²) in [6.45, 7) is 4.90. The topological polar surface area (TPSA) is 57.1 Å². The van der Waals surface area contributed by atoms with Gasteiger partial charge >= 0.3 is 0 Å². The minimum absolute atomic E-state index is 0.320. The lowest BCUT2D eigenvalue weighted by atomic mass is 10.00. The summed E-state index contributed by atoms with van der Waals surface area (Å²) >= 11 is 0. The summed E-state index contributed by atoms with van der Waals surface area (Å²) in [5.41, 5.74) is 3.51. The summed E-state index contributed by atoms with van der Waals surface area (Å²) in [4.78, 5) is 6.91. The lowest BCUT2D eigenvalue weighted by Gasteiger charge is -2.30. The maximum atomic E-state index is 10.5. The van der Waals surface area contributed by atoms with Crippen molar-refractivity contribution in [2.45, 2.75) is 19.4 Å². The monoisotopic (exact) mass is 379 g/mol. The Labute approximate surface area is 167 Å². The van der Waals surface area contributed by atoms with Crippen molar-refractivity contribution in [3.8, 4) is 5.75 Å². The van der Waals surface area contributed by atoms with Crippen molar-refractivity contribution >= 4 is 11.5 Å². The van der Waals surface area contributed by atoms with E-state index in [2.05, 4.69) is 52.5 Å². The maximum Gasteiger partial charge on any atom is 0.194 e. The third kappa shape index (κ3) is 5.14. The van der Waals surface area contributed by atoms with E-state index < -0.39 is 6.10 Å². The zero-order valence-corrected chi connectivity index (χ0v) is 16.6. The van der Waals surface area contributed by atoms with Crippen LogP contribution >= 0.6 is 0 Å². The summed E-state index contributed by atoms with van der Waals surface area (Å²) in [5.74, 6) is 1.63. The van der Waals surface area contributed by atoms with E-state index in [1.807, 2.05) is 30.3 Å². The van der Waals surface area contributed by atoms with Gasteiger partial charge in [0.15, 0.2) is 5.96 Å². The van der Waals surface area contributed by atoms with E-state index in [1.54, 1.807) is 7.11 Å². The van der Waals surface area contributed by atoms with Crippen LogP contribution in [0.5, 0.6) is 5.75 Å². The molecule has 1 aliphatic heterocycles. The SMILES string of the molecule is CCNC(=NCC(O)c1ccc(OC)cc1)N1CC=C(c2ccccc2)CC1. The van der Waals surface area contributed by atoms with Crippen LogP contribution in [0.3, 0.4) is 0 Å². The minimum atomic E-state index is -0.639. The van der Waals surface area contributed by atoms with Crippen molar-refractivity contribution < 1.29 is 9.84 Å². The molecule has 5 heteroatoms. The normalized spacial score (nSPS) is 15.8. The molecule has 28 heavy (non-hydrogen) atoms. The fraction of sp³-hybridized carbons (Fsp3) is 0.348. The molecule has 0 fully saturated rings. The molecule has 1 heterocycles. The zero-order valence-electron chi connectivity index (χ0n) is 16.6. The second-order valence-corrected chi connectivity index (χ2v) is 6.77. The van der Waals surface area contributed by atoms with Crippen molar-refractivity contribution in [1.29, 1.82) is 0 Å². The molecule has 0 saturated heterocycles. The Hall–Kier alpha value is -2.79. The molecule has 0 spiro atoms. The number of benzene rings is 2. The first-order chi connectivity index (χ1) is 13.7. The van der Waals surface area contributed by atoms with Crippen molar-refractivity contribution in [2.24, 2.45) is 4.99 Å². The molecule has 148 valence electrons. The Morgan fingerprint density at radius 1 is 1.18 bits per heavy atom. The fourth-order valence-electron chi connectivity index (χ4n) is 3.31. The molecule has 0 saturated carbocycles. The van der Waals surface area contributed by atoms with Gasteiger partial charge < -0.3 is 20.1 Å². The number of aliphatic imine (C=N–C) groups is 1. The van der Waals surface area contributed by atoms with E-state index >= 15 is 0 Å². The number of aliphatic hydroxyl groups excluding tert-OH is 1. The van der Waals surface area contributed by atoms with Gasteiger partial charge in [-0.1, -0.05) is 48.5 Å². The van der Waals surface area contributed by atoms with Crippen LogP contribution in [0.4, 0.5) is 0 Å². The van der Waals surface area contributed by atoms with Crippen LogP contribution in [-0.2, 0) is 0 Å². The third-order valence-electron chi connectivity index (χ3n) is 4.90. The molecule has 0 bridgehead atoms. The summed E-state index contributed by atoms with van der Waals surface area (Å²) in [6, 6.07) is 18.0. The number of rotatable bonds is 6. The van der Waals surface area contributed by atoms with Gasteiger partial charge in [0, 0.05) is 19.6 Å². The Bertz CT molecular complexity index is 800. The van der Waals surface area contributed by atoms with Crippen molar-refractivity contribution in [2.75, 3.05) is 33.3 Å². The summed E-state index contributed by atoms with van der Waals surface area (Å²) in [5, 5.41) is 13.8. The van der Waals surface area contributed by atoms with Crippen LogP contribution in [0.2, 0.25) is 0 Å². The number of methoxy groups -OCH3 is 1. The van der Waals surface area contributed by atoms with Gasteiger partial charge in [0.1, 0.15) is 5.75 Å². The second-order valence-electron chi connectivity index (χ2n) is 6.77. The smallest absolute Gasteiger partial charge is 0.194 e. The Kier molecular flexibility index (Phi) is 7.09. The first-order valence-electron chi connectivity index (χ1n) is 9.81. The Balaban J connectivity index is 1.64. The lowest BCUT2D eigenvalue weighted by Crippen LogP contribution is -2.43. The standard InChI is InChI=1S/C23H29N3O2/c1-3-24-23(25-17-22(27)20-9-11-21(28-2)12-10-20)26-15-13-19(14-16-26)18-7-5-4-6-8-18/h4-13,22,27H,3,14-17H2,1-2H3,(H,24,25). The molecule has 0 amide bonds. The van der Waals surface area contributed by atoms with Crippen LogP contribution < -0.4 is 10.1 Å². The molecule has 1 aliphatic rings. The predicted octanol–water partition coefficient (Wildman–Crippen LogP) is 3.48. The fourth-order valence-corrected chi connectivity index (χ4v) is 3.31. The highest BCUT2D eigenvalue weighted by Crippen LogP contribution is 2.22. The predicted molar refractivity (Wildman–Crippen MR) is 115 cm³/mol. The quantitative estimate of drug-likeness (QED) is 0.596. The van der Waals surface area contributed by atoms with Gasteiger partial charge in [0.25, 0.3) is 0 Å². The van der Waals surface area contributed by atoms with Gasteiger partial charge in [-0.25, -0.2) is 0 Å². The van der Waals surface area contributed by atoms with Gasteiger partial charge in [-0.3, -0.25) is 4.99 Å². The number of nitrogens with one attached hydrogen (secondary N) is 1. The van der Waals surface area contributed by atoms with Crippen LogP contribution in [0.25, 0.3) is 5.57 Å². The molecule has 0 radical (unpaired) electrons. The number of hydrogen-bond donors (Lipinski definition) is 2. The summed E-state index contributed by atoms with van der Waals surface area (Å²) < 4.78 is 5.17. The molecule has 0 aliphatic carbocycles. The number of ether oxygens (including phenoxy) is 1. The van der Waals surface area contributed by atoms with Gasteiger partial charge in [0.2, 0.25) is 0 Å². The molecule has 2 aromatic carbocycles. The molecular formula is C23H29N3O2. The molecule has 3 rings (SSSR count). The first-order valence-corrected chi connectivity index (χ1v) is 9.81. The van der Waals surface area contributed by atoms with Crippen LogP contribution in [-0.4, -0.2) is 49.3 Å². The highest BCUT2D eigenvalue weighted by atomic mass is 16.5. The molecule has 1 atom stereocenters. The van der Waals surface area contributed by atoms with Crippen LogP contribution in [0, 0.1) is 0 Å². The van der Waals surface area contributed by atoms with Crippen molar-refractivity contribution in [1.82, 2.24) is 10.2 Å². The molecule has 5 nitrogen and oxygen atoms in total.